The first-order valence-corrected chi connectivity index (χ1v) is 14.5. The predicted molar refractivity (Wildman–Crippen MR) is 153 cm³/mol. The van der Waals surface area contributed by atoms with Crippen LogP contribution in [0.2, 0.25) is 0 Å². The SMILES string of the molecule is COCC1=C2[C@@H](CC/C(=C/c3ccccc3O)c3ccccn3)OC[C@@H]2[C@@H]2C(=O)N(Cc3cccs3)C(=O)[C@@H]2C1. The number of rotatable bonds is 9. The fourth-order valence-corrected chi connectivity index (χ4v) is 7.16. The third kappa shape index (κ3) is 5.03. The molecule has 2 fully saturated rings. The Hall–Kier alpha value is -3.59. The van der Waals surface area contributed by atoms with E-state index in [0.717, 1.165) is 32.9 Å². The number of fused-ring (bicyclic) bond motifs is 3. The van der Waals surface area contributed by atoms with Gasteiger partial charge < -0.3 is 14.6 Å². The summed E-state index contributed by atoms with van der Waals surface area (Å²) in [6, 6.07) is 17.0. The van der Waals surface area contributed by atoms with Crippen molar-refractivity contribution in [3.63, 3.8) is 0 Å². The Balaban J connectivity index is 1.26. The summed E-state index contributed by atoms with van der Waals surface area (Å²) in [6.07, 6.45) is 5.44. The number of nitrogens with zero attached hydrogens (tertiary/aromatic N) is 2. The van der Waals surface area contributed by atoms with Gasteiger partial charge in [-0.25, -0.2) is 0 Å². The summed E-state index contributed by atoms with van der Waals surface area (Å²) in [5.41, 5.74) is 4.78. The van der Waals surface area contributed by atoms with Gasteiger partial charge >= 0.3 is 0 Å². The topological polar surface area (TPSA) is 89.0 Å². The average Bonchev–Trinajstić information content (AvgIpc) is 3.69. The van der Waals surface area contributed by atoms with Crippen molar-refractivity contribution in [1.29, 1.82) is 0 Å². The zero-order chi connectivity index (χ0) is 27.6. The van der Waals surface area contributed by atoms with Crippen LogP contribution < -0.4 is 0 Å². The standard InChI is InChI=1S/C32H32N2O5S/c1-38-18-22-16-24-30(32(37)34(31(24)36)17-23-8-6-14-40-23)25-19-39-28(29(22)25)12-11-20(26-9-4-5-13-33-26)15-21-7-2-3-10-27(21)35/h2-10,13-15,24-25,28,30,35H,11-12,16-19H2,1H3/b20-15-/t24-,25+,28-,30-/m1/s1. The summed E-state index contributed by atoms with van der Waals surface area (Å²) in [6.45, 7) is 1.17. The molecule has 0 bridgehead atoms. The van der Waals surface area contributed by atoms with Gasteiger partial charge in [0.2, 0.25) is 11.8 Å². The highest BCUT2D eigenvalue weighted by atomic mass is 32.1. The molecule has 4 atom stereocenters. The van der Waals surface area contributed by atoms with E-state index in [2.05, 4.69) is 4.98 Å². The minimum absolute atomic E-state index is 0.0810. The normalized spacial score (nSPS) is 24.5. The number of hydrogen-bond acceptors (Lipinski definition) is 7. The first kappa shape index (κ1) is 26.6. The van der Waals surface area contributed by atoms with Crippen molar-refractivity contribution >= 4 is 34.8 Å². The number of ether oxygens (including phenoxy) is 2. The maximum Gasteiger partial charge on any atom is 0.234 e. The van der Waals surface area contributed by atoms with Crippen LogP contribution in [0, 0.1) is 17.8 Å². The van der Waals surface area contributed by atoms with Crippen LogP contribution in [0.15, 0.2) is 77.3 Å². The maximum atomic E-state index is 13.6. The summed E-state index contributed by atoms with van der Waals surface area (Å²) < 4.78 is 12.0. The molecule has 2 amide bonds. The smallest absolute Gasteiger partial charge is 0.234 e. The number of carbonyl (C=O) groups excluding carboxylic acids is 2. The molecule has 2 aromatic heterocycles. The van der Waals surface area contributed by atoms with Gasteiger partial charge in [-0.3, -0.25) is 19.5 Å². The highest BCUT2D eigenvalue weighted by Gasteiger charge is 2.56. The Morgan fingerprint density at radius 3 is 2.73 bits per heavy atom. The van der Waals surface area contributed by atoms with Gasteiger partial charge in [-0.1, -0.05) is 30.3 Å². The molecule has 1 N–H and O–H groups in total. The number of imide groups is 1. The molecule has 4 heterocycles. The molecule has 8 heteroatoms. The third-order valence-electron chi connectivity index (χ3n) is 8.25. The lowest BCUT2D eigenvalue weighted by molar-refractivity contribution is -0.140. The van der Waals surface area contributed by atoms with E-state index < -0.39 is 0 Å². The van der Waals surface area contributed by atoms with Crippen molar-refractivity contribution in [2.24, 2.45) is 17.8 Å². The second kappa shape index (κ2) is 11.5. The number of methoxy groups -OCH3 is 1. The molecule has 2 aliphatic heterocycles. The van der Waals surface area contributed by atoms with Crippen molar-refractivity contribution in [3.05, 3.63) is 93.5 Å². The minimum atomic E-state index is -0.389. The van der Waals surface area contributed by atoms with Gasteiger partial charge in [0.1, 0.15) is 5.75 Å². The molecule has 0 saturated carbocycles. The van der Waals surface area contributed by atoms with Crippen LogP contribution >= 0.6 is 11.3 Å². The van der Waals surface area contributed by atoms with E-state index in [1.807, 2.05) is 53.9 Å². The van der Waals surface area contributed by atoms with E-state index in [0.29, 0.717) is 39.0 Å². The average molecular weight is 557 g/mol. The number of phenols is 1. The van der Waals surface area contributed by atoms with Crippen molar-refractivity contribution in [2.75, 3.05) is 20.3 Å². The van der Waals surface area contributed by atoms with Crippen LogP contribution in [0.5, 0.6) is 5.75 Å². The lowest BCUT2D eigenvalue weighted by Crippen LogP contribution is -2.35. The van der Waals surface area contributed by atoms with Crippen LogP contribution in [0.4, 0.5) is 0 Å². The lowest BCUT2D eigenvalue weighted by Gasteiger charge is -2.31. The third-order valence-corrected chi connectivity index (χ3v) is 9.11. The molecule has 2 saturated heterocycles. The van der Waals surface area contributed by atoms with Gasteiger partial charge in [-0.2, -0.15) is 0 Å². The molecule has 0 spiro atoms. The Bertz CT molecular complexity index is 1450. The van der Waals surface area contributed by atoms with Gasteiger partial charge in [0, 0.05) is 29.7 Å². The van der Waals surface area contributed by atoms with Crippen LogP contribution in [-0.4, -0.2) is 53.2 Å². The van der Waals surface area contributed by atoms with Crippen molar-refractivity contribution in [2.45, 2.75) is 31.9 Å². The highest BCUT2D eigenvalue weighted by Crippen LogP contribution is 2.50. The number of pyridine rings is 1. The number of allylic oxidation sites excluding steroid dienone is 1. The van der Waals surface area contributed by atoms with Gasteiger partial charge in [0.05, 0.1) is 43.4 Å². The number of para-hydroxylation sites is 1. The fourth-order valence-electron chi connectivity index (χ4n) is 6.47. The van der Waals surface area contributed by atoms with Gasteiger partial charge in [-0.05, 0) is 71.7 Å². The molecule has 3 aliphatic rings. The highest BCUT2D eigenvalue weighted by molar-refractivity contribution is 7.09. The second-order valence-electron chi connectivity index (χ2n) is 10.6. The van der Waals surface area contributed by atoms with E-state index >= 15 is 0 Å². The molecular weight excluding hydrogens is 524 g/mol. The summed E-state index contributed by atoms with van der Waals surface area (Å²) in [4.78, 5) is 34.1. The predicted octanol–water partition coefficient (Wildman–Crippen LogP) is 5.33. The zero-order valence-corrected chi connectivity index (χ0v) is 23.2. The lowest BCUT2D eigenvalue weighted by atomic mass is 9.69. The number of carbonyl (C=O) groups is 2. The minimum Gasteiger partial charge on any atom is -0.507 e. The van der Waals surface area contributed by atoms with Crippen molar-refractivity contribution < 1.29 is 24.2 Å². The van der Waals surface area contributed by atoms with E-state index in [1.54, 1.807) is 36.8 Å². The van der Waals surface area contributed by atoms with Crippen LogP contribution in [0.1, 0.15) is 35.4 Å². The number of benzene rings is 1. The van der Waals surface area contributed by atoms with E-state index in [-0.39, 0.29) is 41.4 Å². The number of likely N-dealkylation sites (tertiary alicyclic amines) is 1. The number of aromatic nitrogens is 1. The van der Waals surface area contributed by atoms with Crippen LogP contribution in [-0.2, 0) is 25.6 Å². The Morgan fingerprint density at radius 2 is 1.98 bits per heavy atom. The summed E-state index contributed by atoms with van der Waals surface area (Å²) in [5, 5.41) is 12.4. The number of phenolic OH excluding ortho intramolecular Hbond substituents is 1. The summed E-state index contributed by atoms with van der Waals surface area (Å²) >= 11 is 1.56. The van der Waals surface area contributed by atoms with Crippen molar-refractivity contribution in [1.82, 2.24) is 9.88 Å². The zero-order valence-electron chi connectivity index (χ0n) is 22.4. The summed E-state index contributed by atoms with van der Waals surface area (Å²) in [5.74, 6) is -0.825. The number of aromatic hydroxyl groups is 1. The number of amides is 2. The van der Waals surface area contributed by atoms with Crippen LogP contribution in [0.25, 0.3) is 11.6 Å². The molecule has 0 unspecified atom stereocenters. The van der Waals surface area contributed by atoms with E-state index in [9.17, 15) is 14.7 Å². The molecule has 1 aliphatic carbocycles. The van der Waals surface area contributed by atoms with Gasteiger partial charge in [0.15, 0.2) is 0 Å². The molecule has 0 radical (unpaired) electrons. The molecule has 206 valence electrons. The van der Waals surface area contributed by atoms with E-state index in [4.69, 9.17) is 9.47 Å². The number of thiophene rings is 1. The fraction of sp³-hybridized carbons (Fsp3) is 0.344. The quantitative estimate of drug-likeness (QED) is 0.283. The van der Waals surface area contributed by atoms with Crippen molar-refractivity contribution in [3.8, 4) is 5.75 Å². The van der Waals surface area contributed by atoms with Gasteiger partial charge in [0.25, 0.3) is 0 Å². The Kier molecular flexibility index (Phi) is 7.65. The van der Waals surface area contributed by atoms with E-state index in [1.165, 1.54) is 4.90 Å². The molecule has 3 aromatic rings. The first-order valence-electron chi connectivity index (χ1n) is 13.6. The largest absolute Gasteiger partial charge is 0.507 e. The Morgan fingerprint density at radius 1 is 1.12 bits per heavy atom. The monoisotopic (exact) mass is 556 g/mol. The first-order chi connectivity index (χ1) is 19.5. The molecule has 7 nitrogen and oxygen atoms in total. The summed E-state index contributed by atoms with van der Waals surface area (Å²) in [7, 11) is 1.67. The molecule has 6 rings (SSSR count). The van der Waals surface area contributed by atoms with Gasteiger partial charge in [-0.15, -0.1) is 11.3 Å². The molecular formula is C32H32N2O5S. The number of hydrogen-bond donors (Lipinski definition) is 1. The maximum absolute atomic E-state index is 13.6. The second-order valence-corrected chi connectivity index (χ2v) is 11.6. The molecule has 40 heavy (non-hydrogen) atoms. The Labute approximate surface area is 237 Å². The van der Waals surface area contributed by atoms with Crippen LogP contribution in [0.3, 0.4) is 0 Å². The molecule has 1 aromatic carbocycles.